The van der Waals surface area contributed by atoms with Crippen molar-refractivity contribution in [3.8, 4) is 10.4 Å². The Morgan fingerprint density at radius 2 is 2.12 bits per heavy atom. The highest BCUT2D eigenvalue weighted by molar-refractivity contribution is 7.15. The third-order valence-corrected chi connectivity index (χ3v) is 3.82. The topological polar surface area (TPSA) is 45.2 Å². The van der Waals surface area contributed by atoms with Crippen molar-refractivity contribution < 1.29 is 5.11 Å². The Labute approximate surface area is 105 Å². The smallest absolute Gasteiger partial charge is 0.124 e. The van der Waals surface area contributed by atoms with Crippen molar-refractivity contribution in [3.63, 3.8) is 0 Å². The lowest BCUT2D eigenvalue weighted by Crippen LogP contribution is -2.14. The first-order chi connectivity index (χ1) is 8.00. The van der Waals surface area contributed by atoms with Crippen molar-refractivity contribution in [2.24, 2.45) is 0 Å². The molecule has 4 heteroatoms. The molecule has 0 fully saturated rings. The van der Waals surface area contributed by atoms with Crippen molar-refractivity contribution >= 4 is 17.0 Å². The number of aliphatic hydroxyl groups is 1. The van der Waals surface area contributed by atoms with Crippen LogP contribution in [0.4, 0.5) is 5.69 Å². The lowest BCUT2D eigenvalue weighted by Gasteiger charge is -2.12. The van der Waals surface area contributed by atoms with Crippen molar-refractivity contribution in [2.75, 3.05) is 12.4 Å². The lowest BCUT2D eigenvalue weighted by atomic mass is 10.1. The van der Waals surface area contributed by atoms with Crippen LogP contribution in [0, 0.1) is 0 Å². The first kappa shape index (κ1) is 12.1. The van der Waals surface area contributed by atoms with E-state index in [-0.39, 0.29) is 0 Å². The molecule has 0 atom stereocenters. The van der Waals surface area contributed by atoms with Gasteiger partial charge in [0, 0.05) is 18.9 Å². The highest BCUT2D eigenvalue weighted by Crippen LogP contribution is 2.32. The molecule has 2 N–H and O–H groups in total. The molecule has 2 rings (SSSR count). The Kier molecular flexibility index (Phi) is 3.17. The molecule has 1 aromatic heterocycles. The summed E-state index contributed by atoms with van der Waals surface area (Å²) in [4.78, 5) is 5.34. The summed E-state index contributed by atoms with van der Waals surface area (Å²) in [6.07, 6.45) is 1.81. The number of anilines is 1. The molecule has 90 valence electrons. The van der Waals surface area contributed by atoms with Crippen molar-refractivity contribution in [2.45, 2.75) is 19.4 Å². The van der Waals surface area contributed by atoms with E-state index in [1.54, 1.807) is 13.8 Å². The Bertz CT molecular complexity index is 514. The lowest BCUT2D eigenvalue weighted by molar-refractivity contribution is 0.0783. The molecule has 0 saturated heterocycles. The normalized spacial score (nSPS) is 11.5. The molecule has 1 heterocycles. The van der Waals surface area contributed by atoms with Gasteiger partial charge in [0.15, 0.2) is 0 Å². The zero-order valence-electron chi connectivity index (χ0n) is 10.2. The largest absolute Gasteiger partial charge is 0.388 e. The number of aromatic nitrogens is 1. The predicted molar refractivity (Wildman–Crippen MR) is 72.3 cm³/mol. The van der Waals surface area contributed by atoms with Gasteiger partial charge in [0.25, 0.3) is 0 Å². The first-order valence-corrected chi connectivity index (χ1v) is 6.29. The molecule has 0 saturated carbocycles. The van der Waals surface area contributed by atoms with E-state index < -0.39 is 5.60 Å². The van der Waals surface area contributed by atoms with Gasteiger partial charge < -0.3 is 10.4 Å². The van der Waals surface area contributed by atoms with E-state index in [2.05, 4.69) is 16.4 Å². The highest BCUT2D eigenvalue weighted by Gasteiger charge is 2.20. The number of nitrogens with zero attached hydrogens (tertiary/aromatic N) is 1. The number of hydrogen-bond acceptors (Lipinski definition) is 4. The fourth-order valence-electron chi connectivity index (χ4n) is 1.52. The van der Waals surface area contributed by atoms with Crippen LogP contribution in [-0.4, -0.2) is 17.1 Å². The molecule has 3 nitrogen and oxygen atoms in total. The van der Waals surface area contributed by atoms with Gasteiger partial charge in [0.05, 0.1) is 4.88 Å². The summed E-state index contributed by atoms with van der Waals surface area (Å²) >= 11 is 1.52. The van der Waals surface area contributed by atoms with Crippen LogP contribution in [0.2, 0.25) is 0 Å². The summed E-state index contributed by atoms with van der Waals surface area (Å²) in [5, 5.41) is 13.7. The second-order valence-electron chi connectivity index (χ2n) is 4.42. The summed E-state index contributed by atoms with van der Waals surface area (Å²) in [5.74, 6) is 0. The molecule has 0 spiro atoms. The zero-order valence-corrected chi connectivity index (χ0v) is 11.0. The maximum absolute atomic E-state index is 9.89. The standard InChI is InChI=1S/C13H16N2OS/c1-13(2,16)12-15-8-11(17-12)9-5-4-6-10(7-9)14-3/h4-8,14,16H,1-3H3. The minimum atomic E-state index is -0.871. The van der Waals surface area contributed by atoms with Crippen LogP contribution in [0.1, 0.15) is 18.9 Å². The van der Waals surface area contributed by atoms with Gasteiger partial charge in [-0.15, -0.1) is 11.3 Å². The molecule has 0 aliphatic carbocycles. The second kappa shape index (κ2) is 4.47. The molecule has 0 unspecified atom stereocenters. The molecule has 0 bridgehead atoms. The second-order valence-corrected chi connectivity index (χ2v) is 5.45. The number of nitrogens with one attached hydrogen (secondary N) is 1. The number of rotatable bonds is 3. The molecule has 2 aromatic rings. The average Bonchev–Trinajstić information content (AvgIpc) is 2.78. The van der Waals surface area contributed by atoms with Gasteiger partial charge in [0.1, 0.15) is 10.6 Å². The van der Waals surface area contributed by atoms with Crippen LogP contribution in [0.3, 0.4) is 0 Å². The number of hydrogen-bond donors (Lipinski definition) is 2. The van der Waals surface area contributed by atoms with E-state index in [0.29, 0.717) is 0 Å². The van der Waals surface area contributed by atoms with E-state index in [0.717, 1.165) is 21.1 Å². The van der Waals surface area contributed by atoms with Gasteiger partial charge in [-0.05, 0) is 31.5 Å². The van der Waals surface area contributed by atoms with Crippen LogP contribution in [0.5, 0.6) is 0 Å². The summed E-state index contributed by atoms with van der Waals surface area (Å²) in [6.45, 7) is 3.50. The fraction of sp³-hybridized carbons (Fsp3) is 0.308. The first-order valence-electron chi connectivity index (χ1n) is 5.47. The molecule has 1 aromatic carbocycles. The third-order valence-electron chi connectivity index (χ3n) is 2.46. The minimum Gasteiger partial charge on any atom is -0.388 e. The summed E-state index contributed by atoms with van der Waals surface area (Å²) < 4.78 is 0. The summed E-state index contributed by atoms with van der Waals surface area (Å²) in [5.41, 5.74) is 1.31. The van der Waals surface area contributed by atoms with E-state index >= 15 is 0 Å². The van der Waals surface area contributed by atoms with Crippen molar-refractivity contribution in [3.05, 3.63) is 35.5 Å². The highest BCUT2D eigenvalue weighted by atomic mass is 32.1. The van der Waals surface area contributed by atoms with E-state index in [1.165, 1.54) is 11.3 Å². The quantitative estimate of drug-likeness (QED) is 0.877. The van der Waals surface area contributed by atoms with E-state index in [9.17, 15) is 5.11 Å². The Morgan fingerprint density at radius 1 is 1.35 bits per heavy atom. The van der Waals surface area contributed by atoms with Crippen molar-refractivity contribution in [1.29, 1.82) is 0 Å². The fourth-order valence-corrected chi connectivity index (χ4v) is 2.43. The van der Waals surface area contributed by atoms with Gasteiger partial charge in [-0.2, -0.15) is 0 Å². The number of benzene rings is 1. The molecule has 17 heavy (non-hydrogen) atoms. The maximum atomic E-state index is 9.89. The van der Waals surface area contributed by atoms with Crippen LogP contribution in [0.25, 0.3) is 10.4 Å². The summed E-state index contributed by atoms with van der Waals surface area (Å²) in [6, 6.07) is 8.14. The maximum Gasteiger partial charge on any atom is 0.124 e. The van der Waals surface area contributed by atoms with Crippen LogP contribution in [0.15, 0.2) is 30.5 Å². The van der Waals surface area contributed by atoms with Gasteiger partial charge in [0.2, 0.25) is 0 Å². The predicted octanol–water partition coefficient (Wildman–Crippen LogP) is 3.08. The van der Waals surface area contributed by atoms with Gasteiger partial charge >= 0.3 is 0 Å². The molecule has 0 aliphatic rings. The van der Waals surface area contributed by atoms with Crippen LogP contribution in [-0.2, 0) is 5.60 Å². The van der Waals surface area contributed by atoms with E-state index in [1.807, 2.05) is 31.4 Å². The Balaban J connectivity index is 2.37. The van der Waals surface area contributed by atoms with Crippen LogP contribution >= 0.6 is 11.3 Å². The van der Waals surface area contributed by atoms with Gasteiger partial charge in [-0.1, -0.05) is 12.1 Å². The average molecular weight is 248 g/mol. The third kappa shape index (κ3) is 2.65. The van der Waals surface area contributed by atoms with Gasteiger partial charge in [-0.25, -0.2) is 4.98 Å². The SMILES string of the molecule is CNc1cccc(-c2cnc(C(C)(C)O)s2)c1. The molecular formula is C13H16N2OS. The monoisotopic (exact) mass is 248 g/mol. The Morgan fingerprint density at radius 3 is 2.71 bits per heavy atom. The molecule has 0 radical (unpaired) electrons. The zero-order chi connectivity index (χ0) is 12.5. The molecular weight excluding hydrogens is 232 g/mol. The minimum absolute atomic E-state index is 0.738. The summed E-state index contributed by atoms with van der Waals surface area (Å²) in [7, 11) is 1.90. The van der Waals surface area contributed by atoms with Crippen LogP contribution < -0.4 is 5.32 Å². The number of thiazole rings is 1. The molecule has 0 amide bonds. The van der Waals surface area contributed by atoms with Gasteiger partial charge in [-0.3, -0.25) is 0 Å². The Hall–Kier alpha value is -1.39. The van der Waals surface area contributed by atoms with Crippen molar-refractivity contribution in [1.82, 2.24) is 4.98 Å². The van der Waals surface area contributed by atoms with E-state index in [4.69, 9.17) is 0 Å². The molecule has 0 aliphatic heterocycles.